The lowest BCUT2D eigenvalue weighted by Gasteiger charge is -2.05. The number of rotatable bonds is 4. The van der Waals surface area contributed by atoms with Crippen LogP contribution in [0.15, 0.2) is 24.3 Å². The van der Waals surface area contributed by atoms with Gasteiger partial charge in [0.05, 0.1) is 5.56 Å². The van der Waals surface area contributed by atoms with Gasteiger partial charge in [0.2, 0.25) is 0 Å². The molecule has 0 heterocycles. The standard InChI is InChI=1S/C12H12INO/c1-2-3-6-9-14-12(15)10-7-4-5-8-11(10)13/h1,4-5,7-8H,3,6,9H2,(H,14,15). The SMILES string of the molecule is C#CCCCNC(=O)c1ccccc1I. The summed E-state index contributed by atoms with van der Waals surface area (Å²) in [5, 5.41) is 2.84. The number of halogens is 1. The van der Waals surface area contributed by atoms with Gasteiger partial charge in [0.25, 0.3) is 5.91 Å². The van der Waals surface area contributed by atoms with E-state index in [2.05, 4.69) is 33.8 Å². The molecule has 2 nitrogen and oxygen atoms in total. The van der Waals surface area contributed by atoms with Gasteiger partial charge in [-0.15, -0.1) is 12.3 Å². The van der Waals surface area contributed by atoms with Crippen LogP contribution in [0.1, 0.15) is 23.2 Å². The van der Waals surface area contributed by atoms with Gasteiger partial charge in [0.15, 0.2) is 0 Å². The Balaban J connectivity index is 2.48. The van der Waals surface area contributed by atoms with Crippen LogP contribution in [0.3, 0.4) is 0 Å². The van der Waals surface area contributed by atoms with Gasteiger partial charge in [-0.3, -0.25) is 4.79 Å². The molecule has 0 aliphatic rings. The average Bonchev–Trinajstić information content (AvgIpc) is 2.25. The van der Waals surface area contributed by atoms with E-state index in [0.29, 0.717) is 13.0 Å². The number of carbonyl (C=O) groups is 1. The maximum atomic E-state index is 11.7. The second-order valence-corrected chi connectivity index (χ2v) is 4.21. The van der Waals surface area contributed by atoms with Crippen molar-refractivity contribution in [1.82, 2.24) is 5.32 Å². The normalized spacial score (nSPS) is 9.33. The zero-order valence-corrected chi connectivity index (χ0v) is 10.5. The van der Waals surface area contributed by atoms with Crippen molar-refractivity contribution in [2.45, 2.75) is 12.8 Å². The number of hydrogen-bond acceptors (Lipinski definition) is 1. The van der Waals surface area contributed by atoms with Crippen LogP contribution in [0.2, 0.25) is 0 Å². The van der Waals surface area contributed by atoms with Crippen molar-refractivity contribution in [2.75, 3.05) is 6.54 Å². The van der Waals surface area contributed by atoms with Crippen molar-refractivity contribution >= 4 is 28.5 Å². The van der Waals surface area contributed by atoms with Crippen molar-refractivity contribution in [2.24, 2.45) is 0 Å². The Hall–Kier alpha value is -1.02. The molecule has 1 rings (SSSR count). The fourth-order valence-electron chi connectivity index (χ4n) is 1.13. The predicted molar refractivity (Wildman–Crippen MR) is 69.6 cm³/mol. The topological polar surface area (TPSA) is 29.1 Å². The zero-order chi connectivity index (χ0) is 11.1. The van der Waals surface area contributed by atoms with E-state index >= 15 is 0 Å². The summed E-state index contributed by atoms with van der Waals surface area (Å²) in [6.07, 6.45) is 6.64. The van der Waals surface area contributed by atoms with Crippen LogP contribution >= 0.6 is 22.6 Å². The third kappa shape index (κ3) is 3.92. The Labute approximate surface area is 104 Å². The van der Waals surface area contributed by atoms with Crippen LogP contribution in [0, 0.1) is 15.9 Å². The molecule has 0 radical (unpaired) electrons. The summed E-state index contributed by atoms with van der Waals surface area (Å²) in [4.78, 5) is 11.7. The molecule has 0 saturated carbocycles. The van der Waals surface area contributed by atoms with Gasteiger partial charge in [0, 0.05) is 16.5 Å². The molecule has 78 valence electrons. The van der Waals surface area contributed by atoms with Crippen molar-refractivity contribution in [3.63, 3.8) is 0 Å². The summed E-state index contributed by atoms with van der Waals surface area (Å²) in [6, 6.07) is 7.50. The second kappa shape index (κ2) is 6.46. The van der Waals surface area contributed by atoms with E-state index in [1.165, 1.54) is 0 Å². The lowest BCUT2D eigenvalue weighted by molar-refractivity contribution is 0.0952. The second-order valence-electron chi connectivity index (χ2n) is 3.04. The number of terminal acetylenes is 1. The number of benzene rings is 1. The van der Waals surface area contributed by atoms with Crippen molar-refractivity contribution in [3.8, 4) is 12.3 Å². The van der Waals surface area contributed by atoms with Crippen molar-refractivity contribution in [3.05, 3.63) is 33.4 Å². The fourth-order valence-corrected chi connectivity index (χ4v) is 1.77. The van der Waals surface area contributed by atoms with E-state index in [1.54, 1.807) is 0 Å². The van der Waals surface area contributed by atoms with Crippen molar-refractivity contribution < 1.29 is 4.79 Å². The van der Waals surface area contributed by atoms with Crippen LogP contribution < -0.4 is 5.32 Å². The van der Waals surface area contributed by atoms with E-state index in [4.69, 9.17) is 6.42 Å². The van der Waals surface area contributed by atoms with Gasteiger partial charge in [-0.2, -0.15) is 0 Å². The fraction of sp³-hybridized carbons (Fsp3) is 0.250. The minimum absolute atomic E-state index is 0.0305. The lowest BCUT2D eigenvalue weighted by Crippen LogP contribution is -2.25. The van der Waals surface area contributed by atoms with Crippen LogP contribution in [0.5, 0.6) is 0 Å². The number of carbonyl (C=O) groups excluding carboxylic acids is 1. The van der Waals surface area contributed by atoms with Crippen LogP contribution in [-0.2, 0) is 0 Å². The third-order valence-corrected chi connectivity index (χ3v) is 2.84. The Morgan fingerprint density at radius 3 is 2.87 bits per heavy atom. The first-order valence-electron chi connectivity index (χ1n) is 4.72. The molecule has 0 unspecified atom stereocenters. The quantitative estimate of drug-likeness (QED) is 0.516. The molecule has 0 spiro atoms. The first-order valence-corrected chi connectivity index (χ1v) is 5.79. The maximum absolute atomic E-state index is 11.7. The summed E-state index contributed by atoms with van der Waals surface area (Å²) < 4.78 is 0.963. The highest BCUT2D eigenvalue weighted by Gasteiger charge is 2.07. The minimum Gasteiger partial charge on any atom is -0.352 e. The molecule has 0 aliphatic heterocycles. The third-order valence-electron chi connectivity index (χ3n) is 1.90. The molecule has 15 heavy (non-hydrogen) atoms. The molecule has 1 aromatic carbocycles. The summed E-state index contributed by atoms with van der Waals surface area (Å²) in [5.41, 5.74) is 0.721. The molecule has 0 aliphatic carbocycles. The molecule has 0 fully saturated rings. The molecule has 0 bridgehead atoms. The Morgan fingerprint density at radius 1 is 1.47 bits per heavy atom. The van der Waals surface area contributed by atoms with E-state index in [9.17, 15) is 4.79 Å². The van der Waals surface area contributed by atoms with Crippen LogP contribution in [-0.4, -0.2) is 12.5 Å². The number of amides is 1. The van der Waals surface area contributed by atoms with Gasteiger partial charge in [-0.1, -0.05) is 12.1 Å². The molecule has 1 aromatic rings. The highest BCUT2D eigenvalue weighted by molar-refractivity contribution is 14.1. The molecule has 0 aromatic heterocycles. The molecule has 3 heteroatoms. The Bertz CT molecular complexity index is 381. The maximum Gasteiger partial charge on any atom is 0.252 e. The van der Waals surface area contributed by atoms with Gasteiger partial charge < -0.3 is 5.32 Å². The van der Waals surface area contributed by atoms with Gasteiger partial charge in [0.1, 0.15) is 0 Å². The van der Waals surface area contributed by atoms with Crippen molar-refractivity contribution in [1.29, 1.82) is 0 Å². The number of unbranched alkanes of at least 4 members (excludes halogenated alkanes) is 1. The Morgan fingerprint density at radius 2 is 2.20 bits per heavy atom. The predicted octanol–water partition coefficient (Wildman–Crippen LogP) is 2.43. The largest absolute Gasteiger partial charge is 0.352 e. The summed E-state index contributed by atoms with van der Waals surface area (Å²) in [6.45, 7) is 0.633. The van der Waals surface area contributed by atoms with E-state index in [0.717, 1.165) is 15.6 Å². The van der Waals surface area contributed by atoms with Gasteiger partial charge in [-0.25, -0.2) is 0 Å². The smallest absolute Gasteiger partial charge is 0.252 e. The molecular weight excluding hydrogens is 301 g/mol. The monoisotopic (exact) mass is 313 g/mol. The summed E-state index contributed by atoms with van der Waals surface area (Å²) in [7, 11) is 0. The highest BCUT2D eigenvalue weighted by Crippen LogP contribution is 2.10. The van der Waals surface area contributed by atoms with E-state index < -0.39 is 0 Å². The van der Waals surface area contributed by atoms with Gasteiger partial charge in [-0.05, 0) is 41.1 Å². The van der Waals surface area contributed by atoms with E-state index in [1.807, 2.05) is 24.3 Å². The minimum atomic E-state index is -0.0305. The first-order chi connectivity index (χ1) is 7.25. The zero-order valence-electron chi connectivity index (χ0n) is 8.29. The molecule has 0 saturated heterocycles. The molecule has 1 N–H and O–H groups in total. The van der Waals surface area contributed by atoms with Crippen LogP contribution in [0.25, 0.3) is 0 Å². The highest BCUT2D eigenvalue weighted by atomic mass is 127. The number of hydrogen-bond donors (Lipinski definition) is 1. The molecular formula is C12H12INO. The van der Waals surface area contributed by atoms with E-state index in [-0.39, 0.29) is 5.91 Å². The summed E-state index contributed by atoms with van der Waals surface area (Å²) in [5.74, 6) is 2.51. The van der Waals surface area contributed by atoms with Crippen LogP contribution in [0.4, 0.5) is 0 Å². The van der Waals surface area contributed by atoms with Gasteiger partial charge >= 0.3 is 0 Å². The lowest BCUT2D eigenvalue weighted by atomic mass is 10.2. The average molecular weight is 313 g/mol. The first kappa shape index (κ1) is 12.1. The number of nitrogens with one attached hydrogen (secondary N) is 1. The molecule has 0 atom stereocenters. The summed E-state index contributed by atoms with van der Waals surface area (Å²) >= 11 is 2.15. The Kier molecular flexibility index (Phi) is 5.19. The molecule has 1 amide bonds.